The van der Waals surface area contributed by atoms with Crippen LogP contribution in [-0.2, 0) is 11.2 Å². The summed E-state index contributed by atoms with van der Waals surface area (Å²) >= 11 is 0. The van der Waals surface area contributed by atoms with Gasteiger partial charge < -0.3 is 14.3 Å². The highest BCUT2D eigenvalue weighted by atomic mass is 16.5. The van der Waals surface area contributed by atoms with Crippen LogP contribution in [0, 0.1) is 0 Å². The number of oxazole rings is 1. The molecule has 4 nitrogen and oxygen atoms in total. The number of hydrogen-bond acceptors (Lipinski definition) is 4. The van der Waals surface area contributed by atoms with E-state index in [9.17, 15) is 5.11 Å². The molecular weight excluding hydrogens is 194 g/mol. The van der Waals surface area contributed by atoms with Crippen molar-refractivity contribution in [2.24, 2.45) is 0 Å². The molecule has 0 amide bonds. The number of aliphatic hydroxyl groups is 1. The Morgan fingerprint density at radius 3 is 2.93 bits per heavy atom. The van der Waals surface area contributed by atoms with Crippen LogP contribution in [0.25, 0.3) is 0 Å². The lowest BCUT2D eigenvalue weighted by molar-refractivity contribution is 0.0788. The molecule has 0 aromatic carbocycles. The summed E-state index contributed by atoms with van der Waals surface area (Å²) in [6, 6.07) is 0. The Morgan fingerprint density at radius 2 is 2.27 bits per heavy atom. The van der Waals surface area contributed by atoms with Crippen LogP contribution in [0.2, 0.25) is 0 Å². The van der Waals surface area contributed by atoms with Gasteiger partial charge in [0, 0.05) is 25.6 Å². The molecule has 1 aliphatic heterocycles. The molecule has 0 radical (unpaired) electrons. The lowest BCUT2D eigenvalue weighted by atomic mass is 10.0. The van der Waals surface area contributed by atoms with E-state index < -0.39 is 0 Å². The lowest BCUT2D eigenvalue weighted by Gasteiger charge is -2.18. The molecular formula is C11H17NO3. The van der Waals surface area contributed by atoms with Gasteiger partial charge in [-0.2, -0.15) is 0 Å². The van der Waals surface area contributed by atoms with Crippen molar-refractivity contribution in [1.29, 1.82) is 0 Å². The van der Waals surface area contributed by atoms with Gasteiger partial charge in [0.2, 0.25) is 0 Å². The van der Waals surface area contributed by atoms with Gasteiger partial charge in [-0.25, -0.2) is 4.98 Å². The summed E-state index contributed by atoms with van der Waals surface area (Å²) in [6.45, 7) is 3.33. The molecule has 0 bridgehead atoms. The Bertz CT molecular complexity index is 303. The molecule has 0 spiro atoms. The van der Waals surface area contributed by atoms with E-state index in [1.54, 1.807) is 13.1 Å². The zero-order chi connectivity index (χ0) is 10.7. The minimum absolute atomic E-state index is 0.375. The van der Waals surface area contributed by atoms with Gasteiger partial charge in [-0.05, 0) is 19.8 Å². The Labute approximate surface area is 89.3 Å². The molecule has 1 aliphatic rings. The first-order valence-corrected chi connectivity index (χ1v) is 5.46. The second kappa shape index (κ2) is 4.77. The molecule has 0 saturated carbocycles. The van der Waals surface area contributed by atoms with Crippen LogP contribution >= 0.6 is 0 Å². The Balaban J connectivity index is 1.99. The quantitative estimate of drug-likeness (QED) is 0.823. The van der Waals surface area contributed by atoms with Crippen molar-refractivity contribution >= 4 is 0 Å². The van der Waals surface area contributed by atoms with Gasteiger partial charge in [0.15, 0.2) is 5.89 Å². The number of aliphatic hydroxyl groups excluding tert-OH is 1. The summed E-state index contributed by atoms with van der Waals surface area (Å²) in [7, 11) is 0. The van der Waals surface area contributed by atoms with E-state index in [0.717, 1.165) is 37.7 Å². The number of rotatable bonds is 3. The molecule has 1 aromatic rings. The molecule has 15 heavy (non-hydrogen) atoms. The van der Waals surface area contributed by atoms with Crippen LogP contribution in [0.5, 0.6) is 0 Å². The van der Waals surface area contributed by atoms with Crippen LogP contribution in [-0.4, -0.2) is 29.4 Å². The molecule has 2 rings (SSSR count). The van der Waals surface area contributed by atoms with E-state index in [1.807, 2.05) is 0 Å². The van der Waals surface area contributed by atoms with Crippen molar-refractivity contribution in [3.8, 4) is 0 Å². The first-order valence-electron chi connectivity index (χ1n) is 5.46. The molecule has 1 fully saturated rings. The van der Waals surface area contributed by atoms with Gasteiger partial charge in [-0.1, -0.05) is 0 Å². The topological polar surface area (TPSA) is 55.5 Å². The number of ether oxygens (including phenoxy) is 1. The second-order valence-electron chi connectivity index (χ2n) is 4.10. The molecule has 1 aromatic heterocycles. The largest absolute Gasteiger partial charge is 0.445 e. The fourth-order valence-corrected chi connectivity index (χ4v) is 1.84. The standard InChI is InChI=1S/C11H17NO3/c1-8(13)6-10-7-12-11(15-10)9-2-4-14-5-3-9/h7-9,13H,2-6H2,1H3. The smallest absolute Gasteiger partial charge is 0.197 e. The molecule has 0 aliphatic carbocycles. The Morgan fingerprint density at radius 1 is 1.53 bits per heavy atom. The first kappa shape index (κ1) is 10.6. The number of nitrogens with zero attached hydrogens (tertiary/aromatic N) is 1. The van der Waals surface area contributed by atoms with Crippen molar-refractivity contribution in [2.75, 3.05) is 13.2 Å². The molecule has 1 N–H and O–H groups in total. The lowest BCUT2D eigenvalue weighted by Crippen LogP contribution is -2.14. The average Bonchev–Trinajstić information content (AvgIpc) is 2.67. The molecule has 1 saturated heterocycles. The minimum Gasteiger partial charge on any atom is -0.445 e. The van der Waals surface area contributed by atoms with Gasteiger partial charge in [-0.3, -0.25) is 0 Å². The van der Waals surface area contributed by atoms with E-state index >= 15 is 0 Å². The third-order valence-electron chi connectivity index (χ3n) is 2.64. The van der Waals surface area contributed by atoms with Crippen LogP contribution in [0.15, 0.2) is 10.6 Å². The molecule has 4 heteroatoms. The summed E-state index contributed by atoms with van der Waals surface area (Å²) in [5.41, 5.74) is 0. The number of hydrogen-bond donors (Lipinski definition) is 1. The normalized spacial score (nSPS) is 20.4. The summed E-state index contributed by atoms with van der Waals surface area (Å²) in [5, 5.41) is 9.22. The maximum atomic E-state index is 9.22. The Kier molecular flexibility index (Phi) is 3.38. The van der Waals surface area contributed by atoms with Crippen molar-refractivity contribution in [1.82, 2.24) is 4.98 Å². The summed E-state index contributed by atoms with van der Waals surface area (Å²) < 4.78 is 10.9. The maximum Gasteiger partial charge on any atom is 0.197 e. The second-order valence-corrected chi connectivity index (χ2v) is 4.10. The highest BCUT2D eigenvalue weighted by Crippen LogP contribution is 2.26. The average molecular weight is 211 g/mol. The summed E-state index contributed by atoms with van der Waals surface area (Å²) in [5.74, 6) is 1.96. The van der Waals surface area contributed by atoms with Gasteiger partial charge >= 0.3 is 0 Å². The zero-order valence-corrected chi connectivity index (χ0v) is 8.98. The van der Waals surface area contributed by atoms with Crippen molar-refractivity contribution in [3.63, 3.8) is 0 Å². The third-order valence-corrected chi connectivity index (χ3v) is 2.64. The fourth-order valence-electron chi connectivity index (χ4n) is 1.84. The first-order chi connectivity index (χ1) is 7.25. The maximum absolute atomic E-state index is 9.22. The molecule has 2 heterocycles. The minimum atomic E-state index is -0.375. The highest BCUT2D eigenvalue weighted by Gasteiger charge is 2.20. The SMILES string of the molecule is CC(O)Cc1cnc(C2CCOCC2)o1. The monoisotopic (exact) mass is 211 g/mol. The van der Waals surface area contributed by atoms with Gasteiger partial charge in [0.25, 0.3) is 0 Å². The zero-order valence-electron chi connectivity index (χ0n) is 8.98. The van der Waals surface area contributed by atoms with Crippen LogP contribution in [0.4, 0.5) is 0 Å². The third kappa shape index (κ3) is 2.79. The number of aromatic nitrogens is 1. The molecule has 1 unspecified atom stereocenters. The van der Waals surface area contributed by atoms with Crippen LogP contribution in [0.1, 0.15) is 37.3 Å². The van der Waals surface area contributed by atoms with Crippen molar-refractivity contribution < 1.29 is 14.3 Å². The van der Waals surface area contributed by atoms with Crippen LogP contribution in [0.3, 0.4) is 0 Å². The van der Waals surface area contributed by atoms with Crippen molar-refractivity contribution in [3.05, 3.63) is 17.8 Å². The van der Waals surface area contributed by atoms with E-state index in [2.05, 4.69) is 4.98 Å². The predicted molar refractivity (Wildman–Crippen MR) is 54.7 cm³/mol. The van der Waals surface area contributed by atoms with E-state index in [0.29, 0.717) is 12.3 Å². The van der Waals surface area contributed by atoms with Gasteiger partial charge in [-0.15, -0.1) is 0 Å². The van der Waals surface area contributed by atoms with Crippen molar-refractivity contribution in [2.45, 2.75) is 38.2 Å². The van der Waals surface area contributed by atoms with E-state index in [-0.39, 0.29) is 6.10 Å². The molecule has 1 atom stereocenters. The molecule has 84 valence electrons. The Hall–Kier alpha value is -0.870. The van der Waals surface area contributed by atoms with Crippen LogP contribution < -0.4 is 0 Å². The summed E-state index contributed by atoms with van der Waals surface area (Å²) in [6.07, 6.45) is 3.84. The van der Waals surface area contributed by atoms with Gasteiger partial charge in [0.05, 0.1) is 12.3 Å². The summed E-state index contributed by atoms with van der Waals surface area (Å²) in [4.78, 5) is 4.26. The predicted octanol–water partition coefficient (Wildman–Crippen LogP) is 1.49. The fraction of sp³-hybridized carbons (Fsp3) is 0.727. The highest BCUT2D eigenvalue weighted by molar-refractivity contribution is 5.00. The van der Waals surface area contributed by atoms with Gasteiger partial charge in [0.1, 0.15) is 5.76 Å². The van der Waals surface area contributed by atoms with E-state index in [4.69, 9.17) is 9.15 Å². The van der Waals surface area contributed by atoms with E-state index in [1.165, 1.54) is 0 Å².